The van der Waals surface area contributed by atoms with E-state index in [-0.39, 0.29) is 5.78 Å². The number of H-pyrrole nitrogens is 1. The second-order valence-electron chi connectivity index (χ2n) is 3.00. The van der Waals surface area contributed by atoms with Crippen LogP contribution in [0.4, 0.5) is 0 Å². The highest BCUT2D eigenvalue weighted by molar-refractivity contribution is 6.38. The van der Waals surface area contributed by atoms with E-state index in [2.05, 4.69) is 9.98 Å². The summed E-state index contributed by atoms with van der Waals surface area (Å²) >= 11 is 0. The van der Waals surface area contributed by atoms with E-state index in [9.17, 15) is 4.79 Å². The van der Waals surface area contributed by atoms with Gasteiger partial charge < -0.3 is 4.98 Å². The van der Waals surface area contributed by atoms with Gasteiger partial charge in [0.1, 0.15) is 0 Å². The van der Waals surface area contributed by atoms with Crippen LogP contribution in [0.25, 0.3) is 10.9 Å². The molecule has 1 aromatic heterocycles. The van der Waals surface area contributed by atoms with Gasteiger partial charge in [-0.25, -0.2) is 0 Å². The quantitative estimate of drug-likeness (QED) is 0.566. The summed E-state index contributed by atoms with van der Waals surface area (Å²) in [6.45, 7) is 0. The number of nitrogens with one attached hydrogen (secondary N) is 1. The van der Waals surface area contributed by atoms with Gasteiger partial charge in [0.15, 0.2) is 0 Å². The molecule has 0 aliphatic heterocycles. The number of hydrogen-bond acceptors (Lipinski definition) is 2. The third-order valence-electron chi connectivity index (χ3n) is 2.10. The maximum absolute atomic E-state index is 11.6. The molecule has 2 rings (SSSR count). The van der Waals surface area contributed by atoms with E-state index in [4.69, 9.17) is 0 Å². The number of Topliss-reactive ketones (excluding diaryl/α,β-unsaturated/α-hetero) is 1. The van der Waals surface area contributed by atoms with Gasteiger partial charge in [0.05, 0.1) is 6.21 Å². The monoisotopic (exact) mass is 186 g/mol. The molecule has 0 aliphatic rings. The minimum absolute atomic E-state index is 0.0649. The number of para-hydroxylation sites is 1. The van der Waals surface area contributed by atoms with Crippen LogP contribution in [0.1, 0.15) is 10.4 Å². The van der Waals surface area contributed by atoms with Crippen LogP contribution in [0.5, 0.6) is 0 Å². The van der Waals surface area contributed by atoms with Crippen molar-refractivity contribution in [3.63, 3.8) is 0 Å². The van der Waals surface area contributed by atoms with Gasteiger partial charge in [-0.1, -0.05) is 18.2 Å². The topological polar surface area (TPSA) is 45.2 Å². The van der Waals surface area contributed by atoms with Gasteiger partial charge in [-0.15, -0.1) is 0 Å². The number of benzene rings is 1. The van der Waals surface area contributed by atoms with Crippen LogP contribution in [-0.2, 0) is 0 Å². The Hall–Kier alpha value is -1.90. The molecular weight excluding hydrogens is 176 g/mol. The van der Waals surface area contributed by atoms with Gasteiger partial charge in [-0.3, -0.25) is 9.79 Å². The van der Waals surface area contributed by atoms with Crippen molar-refractivity contribution in [3.05, 3.63) is 36.0 Å². The average molecular weight is 186 g/mol. The van der Waals surface area contributed by atoms with Crippen molar-refractivity contribution in [2.75, 3.05) is 7.05 Å². The summed E-state index contributed by atoms with van der Waals surface area (Å²) in [5, 5.41) is 0.942. The molecule has 1 heterocycles. The number of hydrogen-bond donors (Lipinski definition) is 1. The predicted octanol–water partition coefficient (Wildman–Crippen LogP) is 2.05. The van der Waals surface area contributed by atoms with E-state index in [0.717, 1.165) is 10.9 Å². The van der Waals surface area contributed by atoms with Gasteiger partial charge in [0.2, 0.25) is 5.78 Å². The van der Waals surface area contributed by atoms with Gasteiger partial charge in [0.25, 0.3) is 0 Å². The average Bonchev–Trinajstić information content (AvgIpc) is 2.61. The first-order valence-electron chi connectivity index (χ1n) is 4.35. The molecule has 3 heteroatoms. The molecule has 0 atom stereocenters. The van der Waals surface area contributed by atoms with Crippen LogP contribution in [-0.4, -0.2) is 24.0 Å². The Morgan fingerprint density at radius 2 is 2.21 bits per heavy atom. The fourth-order valence-corrected chi connectivity index (χ4v) is 1.46. The molecular formula is C11H10N2O. The zero-order valence-electron chi connectivity index (χ0n) is 7.82. The first-order valence-corrected chi connectivity index (χ1v) is 4.35. The van der Waals surface area contributed by atoms with E-state index in [1.165, 1.54) is 6.21 Å². The molecule has 0 fully saturated rings. The first-order chi connectivity index (χ1) is 6.83. The summed E-state index contributed by atoms with van der Waals surface area (Å²) in [5.74, 6) is -0.0649. The van der Waals surface area contributed by atoms with Crippen molar-refractivity contribution in [1.82, 2.24) is 4.98 Å². The predicted molar refractivity (Wildman–Crippen MR) is 57.0 cm³/mol. The molecule has 1 aromatic carbocycles. The Bertz CT molecular complexity index is 497. The second-order valence-corrected chi connectivity index (χ2v) is 3.00. The third-order valence-corrected chi connectivity index (χ3v) is 2.10. The lowest BCUT2D eigenvalue weighted by Gasteiger charge is -1.91. The zero-order valence-corrected chi connectivity index (χ0v) is 7.82. The number of carbonyl (C=O) groups excluding carboxylic acids is 1. The van der Waals surface area contributed by atoms with Crippen LogP contribution in [0.2, 0.25) is 0 Å². The highest BCUT2D eigenvalue weighted by atomic mass is 16.1. The highest BCUT2D eigenvalue weighted by Crippen LogP contribution is 2.17. The molecule has 0 radical (unpaired) electrons. The largest absolute Gasteiger partial charge is 0.360 e. The fraction of sp³-hybridized carbons (Fsp3) is 0.0909. The van der Waals surface area contributed by atoms with Crippen LogP contribution < -0.4 is 0 Å². The van der Waals surface area contributed by atoms with Crippen LogP contribution in [0.15, 0.2) is 35.5 Å². The molecule has 70 valence electrons. The summed E-state index contributed by atoms with van der Waals surface area (Å²) in [7, 11) is 1.59. The summed E-state index contributed by atoms with van der Waals surface area (Å²) in [6, 6.07) is 7.70. The van der Waals surface area contributed by atoms with Crippen LogP contribution >= 0.6 is 0 Å². The van der Waals surface area contributed by atoms with Crippen LogP contribution in [0, 0.1) is 0 Å². The Balaban J connectivity index is 2.58. The molecule has 3 nitrogen and oxygen atoms in total. The fourth-order valence-electron chi connectivity index (χ4n) is 1.46. The van der Waals surface area contributed by atoms with E-state index in [1.54, 1.807) is 13.2 Å². The number of aliphatic imine (C=N–C) groups is 1. The summed E-state index contributed by atoms with van der Waals surface area (Å²) in [6.07, 6.45) is 3.05. The standard InChI is InChI=1S/C11H10N2O/c1-12-7-11(14)9-6-13-10-5-3-2-4-8(9)10/h2-7,13H,1H3. The van der Waals surface area contributed by atoms with Crippen molar-refractivity contribution < 1.29 is 4.79 Å². The van der Waals surface area contributed by atoms with Crippen LogP contribution in [0.3, 0.4) is 0 Å². The van der Waals surface area contributed by atoms with Crippen molar-refractivity contribution in [2.45, 2.75) is 0 Å². The molecule has 0 aliphatic carbocycles. The molecule has 1 N–H and O–H groups in total. The number of fused-ring (bicyclic) bond motifs is 1. The molecule has 2 aromatic rings. The maximum Gasteiger partial charge on any atom is 0.205 e. The van der Waals surface area contributed by atoms with Crippen molar-refractivity contribution in [1.29, 1.82) is 0 Å². The SMILES string of the molecule is CN=CC(=O)c1c[nH]c2ccccc12. The number of nitrogens with zero attached hydrogens (tertiary/aromatic N) is 1. The molecule has 0 unspecified atom stereocenters. The van der Waals surface area contributed by atoms with Crippen molar-refractivity contribution in [2.24, 2.45) is 4.99 Å². The normalized spacial score (nSPS) is 11.2. The van der Waals surface area contributed by atoms with E-state index in [0.29, 0.717) is 5.56 Å². The van der Waals surface area contributed by atoms with Gasteiger partial charge in [-0.2, -0.15) is 0 Å². The minimum atomic E-state index is -0.0649. The van der Waals surface area contributed by atoms with Gasteiger partial charge in [-0.05, 0) is 6.07 Å². The molecule has 14 heavy (non-hydrogen) atoms. The lowest BCUT2D eigenvalue weighted by molar-refractivity contribution is 0.107. The number of aromatic amines is 1. The van der Waals surface area contributed by atoms with E-state index >= 15 is 0 Å². The summed E-state index contributed by atoms with van der Waals surface area (Å²) < 4.78 is 0. The third kappa shape index (κ3) is 1.33. The summed E-state index contributed by atoms with van der Waals surface area (Å²) in [4.78, 5) is 18.3. The van der Waals surface area contributed by atoms with Crippen molar-refractivity contribution in [3.8, 4) is 0 Å². The molecule has 0 bridgehead atoms. The molecule has 0 saturated carbocycles. The smallest absolute Gasteiger partial charge is 0.205 e. The van der Waals surface area contributed by atoms with Gasteiger partial charge in [0, 0.05) is 29.7 Å². The summed E-state index contributed by atoms with van der Waals surface area (Å²) in [5.41, 5.74) is 1.64. The molecule has 0 saturated heterocycles. The first kappa shape index (κ1) is 8.69. The molecule has 0 spiro atoms. The maximum atomic E-state index is 11.6. The number of carbonyl (C=O) groups is 1. The lowest BCUT2D eigenvalue weighted by atomic mass is 10.1. The number of ketones is 1. The Kier molecular flexibility index (Phi) is 2.14. The second kappa shape index (κ2) is 3.46. The Morgan fingerprint density at radius 1 is 1.43 bits per heavy atom. The molecule has 0 amide bonds. The van der Waals surface area contributed by atoms with E-state index < -0.39 is 0 Å². The highest BCUT2D eigenvalue weighted by Gasteiger charge is 2.08. The number of rotatable bonds is 2. The zero-order chi connectivity index (χ0) is 9.97. The number of aromatic nitrogens is 1. The Labute approximate surface area is 81.5 Å². The van der Waals surface area contributed by atoms with Crippen molar-refractivity contribution >= 4 is 22.9 Å². The lowest BCUT2D eigenvalue weighted by Crippen LogP contribution is -1.98. The minimum Gasteiger partial charge on any atom is -0.360 e. The Morgan fingerprint density at radius 3 is 3.00 bits per heavy atom. The van der Waals surface area contributed by atoms with E-state index in [1.807, 2.05) is 24.3 Å². The van der Waals surface area contributed by atoms with Gasteiger partial charge >= 0.3 is 0 Å².